The topological polar surface area (TPSA) is 55.8 Å². The number of hydrogen-bond acceptors (Lipinski definition) is 4. The molecule has 26 heavy (non-hydrogen) atoms. The molecule has 2 bridgehead atoms. The van der Waals surface area contributed by atoms with E-state index in [0.717, 1.165) is 36.5 Å². The Labute approximate surface area is 153 Å². The van der Waals surface area contributed by atoms with Crippen molar-refractivity contribution in [2.75, 3.05) is 7.11 Å². The Morgan fingerprint density at radius 2 is 2.12 bits per heavy atom. The van der Waals surface area contributed by atoms with Crippen LogP contribution < -0.4 is 9.47 Å². The summed E-state index contributed by atoms with van der Waals surface area (Å²) >= 11 is 0. The van der Waals surface area contributed by atoms with Gasteiger partial charge in [-0.3, -0.25) is 4.79 Å². The molecule has 138 valence electrons. The summed E-state index contributed by atoms with van der Waals surface area (Å²) in [5.41, 5.74) is 1.00. The van der Waals surface area contributed by atoms with Crippen molar-refractivity contribution < 1.29 is 19.4 Å². The smallest absolute Gasteiger partial charge is 0.174 e. The minimum Gasteiger partial charge on any atom is -0.493 e. The summed E-state index contributed by atoms with van der Waals surface area (Å²) in [6.45, 7) is 0. The number of Topliss-reactive ketones (excluding diaryl/α,β-unsaturated/α-hetero) is 1. The molecule has 1 heterocycles. The summed E-state index contributed by atoms with van der Waals surface area (Å²) in [5, 5.41) is 12.1. The van der Waals surface area contributed by atoms with E-state index in [1.807, 2.05) is 6.07 Å². The molecule has 5 aliphatic rings. The van der Waals surface area contributed by atoms with Crippen LogP contribution in [0.25, 0.3) is 0 Å². The molecule has 4 heteroatoms. The first-order valence-corrected chi connectivity index (χ1v) is 10.2. The first-order valence-electron chi connectivity index (χ1n) is 10.2. The van der Waals surface area contributed by atoms with E-state index in [4.69, 9.17) is 9.47 Å². The van der Waals surface area contributed by atoms with Gasteiger partial charge in [0.1, 0.15) is 0 Å². The van der Waals surface area contributed by atoms with Crippen LogP contribution in [0, 0.1) is 17.8 Å². The lowest BCUT2D eigenvalue weighted by Crippen LogP contribution is -2.71. The summed E-state index contributed by atoms with van der Waals surface area (Å²) in [5.74, 6) is 3.27. The van der Waals surface area contributed by atoms with Crippen molar-refractivity contribution >= 4 is 5.78 Å². The fourth-order valence-corrected chi connectivity index (χ4v) is 6.97. The van der Waals surface area contributed by atoms with Crippen LogP contribution in [0.5, 0.6) is 11.5 Å². The summed E-state index contributed by atoms with van der Waals surface area (Å²) < 4.78 is 11.8. The Morgan fingerprint density at radius 3 is 2.88 bits per heavy atom. The molecule has 6 rings (SSSR count). The van der Waals surface area contributed by atoms with Gasteiger partial charge in [-0.25, -0.2) is 0 Å². The van der Waals surface area contributed by atoms with Gasteiger partial charge in [0.15, 0.2) is 23.4 Å². The Kier molecular flexibility index (Phi) is 2.88. The zero-order valence-corrected chi connectivity index (χ0v) is 15.3. The maximum absolute atomic E-state index is 12.9. The van der Waals surface area contributed by atoms with E-state index in [0.29, 0.717) is 24.5 Å². The number of aliphatic hydroxyl groups is 1. The van der Waals surface area contributed by atoms with Gasteiger partial charge in [-0.05, 0) is 61.5 Å². The SMILES string of the molecule is COc1ccc2c3c1O[C@H]1C(=O)CC[C@@]4(O)[C@@H](C2)C(CC2CC2)CC[C@]314. The van der Waals surface area contributed by atoms with Crippen LogP contribution >= 0.6 is 0 Å². The van der Waals surface area contributed by atoms with E-state index < -0.39 is 17.1 Å². The third-order valence-corrected chi connectivity index (χ3v) is 8.24. The number of benzene rings is 1. The van der Waals surface area contributed by atoms with Gasteiger partial charge in [-0.15, -0.1) is 0 Å². The van der Waals surface area contributed by atoms with Gasteiger partial charge in [-0.1, -0.05) is 18.9 Å². The van der Waals surface area contributed by atoms with Gasteiger partial charge in [0.2, 0.25) is 0 Å². The van der Waals surface area contributed by atoms with E-state index >= 15 is 0 Å². The fraction of sp³-hybridized carbons (Fsp3) is 0.682. The fourth-order valence-electron chi connectivity index (χ4n) is 6.97. The van der Waals surface area contributed by atoms with Crippen molar-refractivity contribution in [3.8, 4) is 11.5 Å². The number of hydrogen-bond donors (Lipinski definition) is 1. The van der Waals surface area contributed by atoms with Gasteiger partial charge < -0.3 is 14.6 Å². The summed E-state index contributed by atoms with van der Waals surface area (Å²) in [4.78, 5) is 12.9. The Hall–Kier alpha value is -1.55. The number of carbonyl (C=O) groups excluding carboxylic acids is 1. The molecule has 3 saturated carbocycles. The van der Waals surface area contributed by atoms with Crippen LogP contribution in [0.15, 0.2) is 12.1 Å². The van der Waals surface area contributed by atoms with E-state index in [-0.39, 0.29) is 11.7 Å². The molecule has 1 aromatic rings. The molecular weight excluding hydrogens is 328 g/mol. The largest absolute Gasteiger partial charge is 0.493 e. The summed E-state index contributed by atoms with van der Waals surface area (Å²) in [6.07, 6.45) is 7.33. The highest BCUT2D eigenvalue weighted by atomic mass is 16.5. The summed E-state index contributed by atoms with van der Waals surface area (Å²) in [6, 6.07) is 4.12. The van der Waals surface area contributed by atoms with Crippen molar-refractivity contribution in [3.63, 3.8) is 0 Å². The highest BCUT2D eigenvalue weighted by molar-refractivity contribution is 5.90. The second-order valence-electron chi connectivity index (χ2n) is 9.28. The lowest BCUT2D eigenvalue weighted by molar-refractivity contribution is -0.189. The van der Waals surface area contributed by atoms with E-state index in [1.165, 1.54) is 24.8 Å². The molecule has 0 amide bonds. The molecule has 0 saturated heterocycles. The van der Waals surface area contributed by atoms with E-state index in [9.17, 15) is 9.90 Å². The zero-order chi connectivity index (χ0) is 17.7. The van der Waals surface area contributed by atoms with Crippen LogP contribution in [-0.2, 0) is 16.6 Å². The van der Waals surface area contributed by atoms with Crippen molar-refractivity contribution in [3.05, 3.63) is 23.3 Å². The number of carbonyl (C=O) groups is 1. The maximum atomic E-state index is 12.9. The Bertz CT molecular complexity index is 813. The number of ether oxygens (including phenoxy) is 2. The molecule has 1 aliphatic heterocycles. The van der Waals surface area contributed by atoms with Gasteiger partial charge in [0, 0.05) is 12.0 Å². The van der Waals surface area contributed by atoms with Gasteiger partial charge >= 0.3 is 0 Å². The van der Waals surface area contributed by atoms with Crippen LogP contribution in [0.1, 0.15) is 56.1 Å². The van der Waals surface area contributed by atoms with Gasteiger partial charge in [0.25, 0.3) is 0 Å². The van der Waals surface area contributed by atoms with Crippen LogP contribution in [0.3, 0.4) is 0 Å². The molecule has 3 fully saturated rings. The van der Waals surface area contributed by atoms with Crippen molar-refractivity contribution in [2.45, 2.75) is 68.5 Å². The molecule has 1 N–H and O–H groups in total. The highest BCUT2D eigenvalue weighted by Gasteiger charge is 2.73. The third-order valence-electron chi connectivity index (χ3n) is 8.24. The summed E-state index contributed by atoms with van der Waals surface area (Å²) in [7, 11) is 1.65. The van der Waals surface area contributed by atoms with Gasteiger partial charge in [0.05, 0.1) is 18.1 Å². The lowest BCUT2D eigenvalue weighted by Gasteiger charge is -2.61. The van der Waals surface area contributed by atoms with Crippen molar-refractivity contribution in [2.24, 2.45) is 17.8 Å². The lowest BCUT2D eigenvalue weighted by atomic mass is 9.43. The molecule has 4 aliphatic carbocycles. The molecule has 1 unspecified atom stereocenters. The number of ketones is 1. The minimum absolute atomic E-state index is 0.153. The van der Waals surface area contributed by atoms with Gasteiger partial charge in [-0.2, -0.15) is 0 Å². The maximum Gasteiger partial charge on any atom is 0.174 e. The second-order valence-corrected chi connectivity index (χ2v) is 9.28. The normalized spacial score (nSPS) is 42.2. The van der Waals surface area contributed by atoms with Crippen LogP contribution in [0.4, 0.5) is 0 Å². The Morgan fingerprint density at radius 1 is 1.27 bits per heavy atom. The third kappa shape index (κ3) is 1.64. The highest BCUT2D eigenvalue weighted by Crippen LogP contribution is 2.68. The molecular formula is C22H26O4. The van der Waals surface area contributed by atoms with E-state index in [2.05, 4.69) is 6.07 Å². The monoisotopic (exact) mass is 354 g/mol. The van der Waals surface area contributed by atoms with E-state index in [1.54, 1.807) is 7.11 Å². The second kappa shape index (κ2) is 4.83. The minimum atomic E-state index is -0.812. The molecule has 0 radical (unpaired) electrons. The number of methoxy groups -OCH3 is 1. The van der Waals surface area contributed by atoms with Crippen molar-refractivity contribution in [1.82, 2.24) is 0 Å². The van der Waals surface area contributed by atoms with Crippen molar-refractivity contribution in [1.29, 1.82) is 0 Å². The first kappa shape index (κ1) is 15.5. The predicted molar refractivity (Wildman–Crippen MR) is 95.5 cm³/mol. The average molecular weight is 354 g/mol. The predicted octanol–water partition coefficient (Wildman–Crippen LogP) is 3.17. The zero-order valence-electron chi connectivity index (χ0n) is 15.3. The molecule has 1 spiro atoms. The van der Waals surface area contributed by atoms with Crippen LogP contribution in [-0.4, -0.2) is 29.7 Å². The molecule has 0 aromatic heterocycles. The Balaban J connectivity index is 1.57. The quantitative estimate of drug-likeness (QED) is 0.906. The standard InChI is InChI=1S/C22H26O4/c1-25-17-5-4-14-11-15-13(10-12-2-3-12)6-8-21-18(14)19(17)26-20(21)16(23)7-9-22(15,21)24/h4-5,12-13,15,20,24H,2-3,6-11H2,1H3/t13?,15-,20-,21-,22+/m0/s1. The van der Waals surface area contributed by atoms with Crippen LogP contribution in [0.2, 0.25) is 0 Å². The first-order chi connectivity index (χ1) is 12.6. The average Bonchev–Trinajstić information content (AvgIpc) is 3.37. The molecule has 4 nitrogen and oxygen atoms in total. The molecule has 1 aromatic carbocycles. The number of rotatable bonds is 3. The molecule has 5 atom stereocenters.